The lowest BCUT2D eigenvalue weighted by Crippen LogP contribution is -2.43. The fraction of sp³-hybridized carbons (Fsp3) is 0.700. The minimum Gasteiger partial charge on any atom is -0.497 e. The summed E-state index contributed by atoms with van der Waals surface area (Å²) in [5.41, 5.74) is 3.02. The third kappa shape index (κ3) is 4.19. The van der Waals surface area contributed by atoms with Gasteiger partial charge in [0.15, 0.2) is 0 Å². The van der Waals surface area contributed by atoms with E-state index in [-0.39, 0.29) is 0 Å². The number of rotatable bonds is 7. The number of ether oxygens (including phenoxy) is 1. The van der Waals surface area contributed by atoms with Gasteiger partial charge in [0, 0.05) is 6.04 Å². The van der Waals surface area contributed by atoms with Gasteiger partial charge in [-0.05, 0) is 61.5 Å². The van der Waals surface area contributed by atoms with Crippen molar-refractivity contribution in [3.8, 4) is 5.75 Å². The van der Waals surface area contributed by atoms with Crippen LogP contribution in [0.5, 0.6) is 5.75 Å². The molecule has 0 radical (unpaired) electrons. The molecule has 0 unspecified atom stereocenters. The highest BCUT2D eigenvalue weighted by Crippen LogP contribution is 2.32. The smallest absolute Gasteiger partial charge is 0.121 e. The summed E-state index contributed by atoms with van der Waals surface area (Å²) in [7, 11) is 0.484. The first-order valence-electron chi connectivity index (χ1n) is 9.35. The van der Waals surface area contributed by atoms with Crippen molar-refractivity contribution in [2.24, 2.45) is 0 Å². The molecular weight excluding hydrogens is 298 g/mol. The topological polar surface area (TPSA) is 12.5 Å². The number of methoxy groups -OCH3 is 1. The molecule has 2 nitrogen and oxygen atoms in total. The summed E-state index contributed by atoms with van der Waals surface area (Å²) in [5.74, 6) is 1.21. The van der Waals surface area contributed by atoms with E-state index in [4.69, 9.17) is 4.74 Å². The largest absolute Gasteiger partial charge is 0.497 e. The van der Waals surface area contributed by atoms with Gasteiger partial charge < -0.3 is 9.64 Å². The standard InChI is InChI=1S/C20H35NOSi/c1-7-13-21(14-8-2)17-11-9-16-10-12-19(23(4,5)6)20(22-3)18(16)15-17/h10,12,17H,7-9,11,13-15H2,1-6H3/t17-/m0/s1. The minimum atomic E-state index is -1.38. The zero-order chi connectivity index (χ0) is 17.0. The van der Waals surface area contributed by atoms with Crippen LogP contribution in [0.2, 0.25) is 19.6 Å². The second kappa shape index (κ2) is 7.85. The van der Waals surface area contributed by atoms with E-state index in [0.717, 1.165) is 6.42 Å². The molecule has 0 saturated carbocycles. The van der Waals surface area contributed by atoms with Crippen LogP contribution in [0.15, 0.2) is 12.1 Å². The van der Waals surface area contributed by atoms with Crippen molar-refractivity contribution in [3.05, 3.63) is 23.3 Å². The van der Waals surface area contributed by atoms with Gasteiger partial charge >= 0.3 is 0 Å². The van der Waals surface area contributed by atoms with Gasteiger partial charge in [0.05, 0.1) is 15.2 Å². The van der Waals surface area contributed by atoms with E-state index < -0.39 is 8.07 Å². The normalized spacial score (nSPS) is 18.1. The van der Waals surface area contributed by atoms with Crippen LogP contribution >= 0.6 is 0 Å². The van der Waals surface area contributed by atoms with E-state index in [1.54, 1.807) is 0 Å². The first kappa shape index (κ1) is 18.5. The maximum Gasteiger partial charge on any atom is 0.121 e. The molecule has 23 heavy (non-hydrogen) atoms. The van der Waals surface area contributed by atoms with E-state index in [1.807, 2.05) is 7.11 Å². The molecule has 0 fully saturated rings. The third-order valence-electron chi connectivity index (χ3n) is 5.09. The maximum atomic E-state index is 5.93. The van der Waals surface area contributed by atoms with Crippen LogP contribution in [0, 0.1) is 0 Å². The second-order valence-electron chi connectivity index (χ2n) is 7.97. The van der Waals surface area contributed by atoms with Gasteiger partial charge in [-0.2, -0.15) is 0 Å². The van der Waals surface area contributed by atoms with Gasteiger partial charge in [-0.25, -0.2) is 0 Å². The van der Waals surface area contributed by atoms with Crippen molar-refractivity contribution >= 4 is 13.3 Å². The summed E-state index contributed by atoms with van der Waals surface area (Å²) < 4.78 is 5.93. The zero-order valence-corrected chi connectivity index (χ0v) is 17.0. The van der Waals surface area contributed by atoms with Gasteiger partial charge in [-0.15, -0.1) is 0 Å². The van der Waals surface area contributed by atoms with Crippen LogP contribution in [0.1, 0.15) is 44.2 Å². The molecule has 0 amide bonds. The molecule has 0 aromatic heterocycles. The van der Waals surface area contributed by atoms with Crippen molar-refractivity contribution in [3.63, 3.8) is 0 Å². The lowest BCUT2D eigenvalue weighted by atomic mass is 9.86. The van der Waals surface area contributed by atoms with Crippen molar-refractivity contribution in [1.29, 1.82) is 0 Å². The first-order chi connectivity index (χ1) is 10.9. The Morgan fingerprint density at radius 1 is 1.13 bits per heavy atom. The van der Waals surface area contributed by atoms with E-state index in [2.05, 4.69) is 50.5 Å². The molecule has 0 heterocycles. The van der Waals surface area contributed by atoms with Gasteiger partial charge in [-0.3, -0.25) is 0 Å². The molecule has 3 heteroatoms. The zero-order valence-electron chi connectivity index (χ0n) is 16.0. The van der Waals surface area contributed by atoms with Gasteiger partial charge in [-0.1, -0.05) is 45.6 Å². The Hall–Kier alpha value is -0.803. The Labute approximate surface area is 144 Å². The van der Waals surface area contributed by atoms with Crippen LogP contribution in [0.4, 0.5) is 0 Å². The lowest BCUT2D eigenvalue weighted by Gasteiger charge is -2.36. The summed E-state index contributed by atoms with van der Waals surface area (Å²) in [5, 5.41) is 1.48. The Morgan fingerprint density at radius 3 is 2.30 bits per heavy atom. The quantitative estimate of drug-likeness (QED) is 0.693. The molecule has 2 rings (SSSR count). The van der Waals surface area contributed by atoms with Gasteiger partial charge in [0.25, 0.3) is 0 Å². The highest BCUT2D eigenvalue weighted by molar-refractivity contribution is 6.89. The summed E-state index contributed by atoms with van der Waals surface area (Å²) in [6, 6.07) is 5.42. The van der Waals surface area contributed by atoms with E-state index in [9.17, 15) is 0 Å². The summed E-state index contributed by atoms with van der Waals surface area (Å²) in [4.78, 5) is 2.71. The van der Waals surface area contributed by atoms with Crippen LogP contribution in [0.25, 0.3) is 0 Å². The second-order valence-corrected chi connectivity index (χ2v) is 13.0. The van der Waals surface area contributed by atoms with Crippen molar-refractivity contribution < 1.29 is 4.74 Å². The fourth-order valence-electron chi connectivity index (χ4n) is 3.97. The number of aryl methyl sites for hydroxylation is 1. The average Bonchev–Trinajstić information content (AvgIpc) is 2.52. The van der Waals surface area contributed by atoms with E-state index in [1.165, 1.54) is 60.8 Å². The number of benzene rings is 1. The summed E-state index contributed by atoms with van der Waals surface area (Å²) in [6.45, 7) is 14.3. The molecule has 130 valence electrons. The molecule has 0 spiro atoms. The summed E-state index contributed by atoms with van der Waals surface area (Å²) in [6.07, 6.45) is 6.15. The molecule has 0 bridgehead atoms. The van der Waals surface area contributed by atoms with Gasteiger partial charge in [0.2, 0.25) is 0 Å². The third-order valence-corrected chi connectivity index (χ3v) is 7.10. The number of nitrogens with zero attached hydrogens (tertiary/aromatic N) is 1. The predicted molar refractivity (Wildman–Crippen MR) is 104 cm³/mol. The fourth-order valence-corrected chi connectivity index (χ4v) is 5.49. The Balaban J connectivity index is 2.34. The van der Waals surface area contributed by atoms with Crippen LogP contribution < -0.4 is 9.92 Å². The van der Waals surface area contributed by atoms with Crippen molar-refractivity contribution in [2.75, 3.05) is 20.2 Å². The molecule has 0 N–H and O–H groups in total. The SMILES string of the molecule is CCCN(CCC)[C@H]1CCc2ccc([Si](C)(C)C)c(OC)c2C1. The first-order valence-corrected chi connectivity index (χ1v) is 12.9. The molecule has 0 saturated heterocycles. The monoisotopic (exact) mass is 333 g/mol. The van der Waals surface area contributed by atoms with Gasteiger partial charge in [0.1, 0.15) is 5.75 Å². The van der Waals surface area contributed by atoms with E-state index in [0.29, 0.717) is 6.04 Å². The number of hydrogen-bond acceptors (Lipinski definition) is 2. The minimum absolute atomic E-state index is 0.688. The molecule has 1 aliphatic carbocycles. The molecule has 0 aliphatic heterocycles. The molecule has 1 aliphatic rings. The highest BCUT2D eigenvalue weighted by atomic mass is 28.3. The van der Waals surface area contributed by atoms with Crippen LogP contribution in [0.3, 0.4) is 0 Å². The Morgan fingerprint density at radius 2 is 1.78 bits per heavy atom. The molecule has 1 aromatic rings. The lowest BCUT2D eigenvalue weighted by molar-refractivity contribution is 0.179. The maximum absolute atomic E-state index is 5.93. The summed E-state index contributed by atoms with van der Waals surface area (Å²) >= 11 is 0. The highest BCUT2D eigenvalue weighted by Gasteiger charge is 2.30. The van der Waals surface area contributed by atoms with Crippen molar-refractivity contribution in [2.45, 2.75) is 71.6 Å². The Bertz CT molecular complexity index is 515. The number of hydrogen-bond donors (Lipinski definition) is 0. The Kier molecular flexibility index (Phi) is 6.32. The van der Waals surface area contributed by atoms with Crippen LogP contribution in [-0.4, -0.2) is 39.2 Å². The van der Waals surface area contributed by atoms with Crippen LogP contribution in [-0.2, 0) is 12.8 Å². The average molecular weight is 334 g/mol. The molecule has 1 atom stereocenters. The molecule has 1 aromatic carbocycles. The predicted octanol–water partition coefficient (Wildman–Crippen LogP) is 4.22. The number of fused-ring (bicyclic) bond motifs is 1. The molecular formula is C20H35NOSi. The van der Waals surface area contributed by atoms with Crippen molar-refractivity contribution in [1.82, 2.24) is 4.90 Å². The van der Waals surface area contributed by atoms with E-state index >= 15 is 0 Å².